The highest BCUT2D eigenvalue weighted by Gasteiger charge is 2.12. The SMILES string of the molecule is O=C(COc1ccccc1)NCc1nc(-c2ccccc2Cl)no1. The molecule has 3 rings (SSSR count). The minimum atomic E-state index is -0.281. The average Bonchev–Trinajstić information content (AvgIpc) is 3.08. The molecule has 0 spiro atoms. The normalized spacial score (nSPS) is 10.4. The molecule has 0 aliphatic carbocycles. The summed E-state index contributed by atoms with van der Waals surface area (Å²) >= 11 is 6.09. The van der Waals surface area contributed by atoms with Gasteiger partial charge >= 0.3 is 0 Å². The van der Waals surface area contributed by atoms with Crippen molar-refractivity contribution in [2.45, 2.75) is 6.54 Å². The van der Waals surface area contributed by atoms with Gasteiger partial charge in [-0.05, 0) is 24.3 Å². The maximum atomic E-state index is 11.8. The van der Waals surface area contributed by atoms with Crippen molar-refractivity contribution < 1.29 is 14.1 Å². The van der Waals surface area contributed by atoms with Crippen LogP contribution in [0.25, 0.3) is 11.4 Å². The number of rotatable bonds is 6. The third kappa shape index (κ3) is 4.11. The zero-order valence-electron chi connectivity index (χ0n) is 12.6. The second-order valence-electron chi connectivity index (χ2n) is 4.87. The Bertz CT molecular complexity index is 821. The summed E-state index contributed by atoms with van der Waals surface area (Å²) in [6.45, 7) is 0.0317. The summed E-state index contributed by atoms with van der Waals surface area (Å²) in [5, 5.41) is 7.05. The van der Waals surface area contributed by atoms with Crippen LogP contribution in [-0.4, -0.2) is 22.7 Å². The number of carbonyl (C=O) groups is 1. The van der Waals surface area contributed by atoms with E-state index in [0.717, 1.165) is 0 Å². The van der Waals surface area contributed by atoms with Gasteiger partial charge in [0.2, 0.25) is 11.7 Å². The smallest absolute Gasteiger partial charge is 0.258 e. The molecular weight excluding hydrogens is 330 g/mol. The molecule has 0 aliphatic heterocycles. The molecule has 2 aromatic carbocycles. The number of amides is 1. The van der Waals surface area contributed by atoms with Gasteiger partial charge in [-0.25, -0.2) is 0 Å². The monoisotopic (exact) mass is 343 g/mol. The van der Waals surface area contributed by atoms with Crippen LogP contribution in [-0.2, 0) is 11.3 Å². The minimum absolute atomic E-state index is 0.0878. The Kier molecular flexibility index (Phi) is 5.08. The lowest BCUT2D eigenvalue weighted by Gasteiger charge is -2.05. The van der Waals surface area contributed by atoms with Crippen LogP contribution in [0.5, 0.6) is 5.75 Å². The van der Waals surface area contributed by atoms with Crippen LogP contribution < -0.4 is 10.1 Å². The fraction of sp³-hybridized carbons (Fsp3) is 0.118. The maximum Gasteiger partial charge on any atom is 0.258 e. The molecule has 1 heterocycles. The third-order valence-corrected chi connectivity index (χ3v) is 3.46. The number of halogens is 1. The summed E-state index contributed by atoms with van der Waals surface area (Å²) in [5.41, 5.74) is 0.674. The second-order valence-corrected chi connectivity index (χ2v) is 5.28. The van der Waals surface area contributed by atoms with Gasteiger partial charge in [-0.1, -0.05) is 47.1 Å². The number of hydrogen-bond acceptors (Lipinski definition) is 5. The van der Waals surface area contributed by atoms with E-state index in [1.165, 1.54) is 0 Å². The molecule has 6 nitrogen and oxygen atoms in total. The Hall–Kier alpha value is -2.86. The number of carbonyl (C=O) groups excluding carboxylic acids is 1. The molecule has 7 heteroatoms. The summed E-state index contributed by atoms with van der Waals surface area (Å²) in [4.78, 5) is 16.0. The van der Waals surface area contributed by atoms with Crippen LogP contribution in [0.4, 0.5) is 0 Å². The van der Waals surface area contributed by atoms with Gasteiger partial charge in [0.25, 0.3) is 5.91 Å². The van der Waals surface area contributed by atoms with E-state index in [-0.39, 0.29) is 24.9 Å². The average molecular weight is 344 g/mol. The Morgan fingerprint density at radius 2 is 1.88 bits per heavy atom. The first-order valence-electron chi connectivity index (χ1n) is 7.24. The summed E-state index contributed by atoms with van der Waals surface area (Å²) in [6.07, 6.45) is 0. The fourth-order valence-corrected chi connectivity index (χ4v) is 2.19. The van der Waals surface area contributed by atoms with Gasteiger partial charge in [-0.15, -0.1) is 0 Å². The maximum absolute atomic E-state index is 11.8. The molecule has 0 radical (unpaired) electrons. The molecular formula is C17H14ClN3O3. The van der Waals surface area contributed by atoms with Gasteiger partial charge in [-0.3, -0.25) is 4.79 Å². The molecule has 3 aromatic rings. The minimum Gasteiger partial charge on any atom is -0.484 e. The molecule has 0 aliphatic rings. The molecule has 0 unspecified atom stereocenters. The van der Waals surface area contributed by atoms with E-state index in [0.29, 0.717) is 22.2 Å². The lowest BCUT2D eigenvalue weighted by atomic mass is 10.2. The molecule has 0 fully saturated rings. The standard InChI is InChI=1S/C17H14ClN3O3/c18-14-9-5-4-8-13(14)17-20-16(24-21-17)10-19-15(22)11-23-12-6-2-1-3-7-12/h1-9H,10-11H2,(H,19,22). The van der Waals surface area contributed by atoms with Gasteiger partial charge in [-0.2, -0.15) is 4.98 Å². The van der Waals surface area contributed by atoms with Gasteiger partial charge in [0.1, 0.15) is 5.75 Å². The van der Waals surface area contributed by atoms with Crippen LogP contribution in [0, 0.1) is 0 Å². The lowest BCUT2D eigenvalue weighted by Crippen LogP contribution is -2.28. The molecule has 0 saturated heterocycles. The van der Waals surface area contributed by atoms with Crippen LogP contribution in [0.15, 0.2) is 59.1 Å². The van der Waals surface area contributed by atoms with E-state index in [1.807, 2.05) is 30.3 Å². The number of aromatic nitrogens is 2. The molecule has 1 N–H and O–H groups in total. The molecule has 0 saturated carbocycles. The number of ether oxygens (including phenoxy) is 1. The van der Waals surface area contributed by atoms with E-state index in [4.69, 9.17) is 20.9 Å². The van der Waals surface area contributed by atoms with E-state index < -0.39 is 0 Å². The first kappa shape index (κ1) is 16.0. The van der Waals surface area contributed by atoms with Crippen LogP contribution in [0.1, 0.15) is 5.89 Å². The van der Waals surface area contributed by atoms with Crippen molar-refractivity contribution in [1.29, 1.82) is 0 Å². The third-order valence-electron chi connectivity index (χ3n) is 3.13. The largest absolute Gasteiger partial charge is 0.484 e. The predicted octanol–water partition coefficient (Wildman–Crippen LogP) is 3.09. The van der Waals surface area contributed by atoms with Crippen molar-refractivity contribution in [3.63, 3.8) is 0 Å². The van der Waals surface area contributed by atoms with Gasteiger partial charge in [0, 0.05) is 5.56 Å². The van der Waals surface area contributed by atoms with Crippen molar-refractivity contribution >= 4 is 17.5 Å². The lowest BCUT2D eigenvalue weighted by molar-refractivity contribution is -0.123. The van der Waals surface area contributed by atoms with Crippen LogP contribution in [0.2, 0.25) is 5.02 Å². The van der Waals surface area contributed by atoms with Gasteiger partial charge in [0.15, 0.2) is 6.61 Å². The van der Waals surface area contributed by atoms with E-state index >= 15 is 0 Å². The predicted molar refractivity (Wildman–Crippen MR) is 88.5 cm³/mol. The number of nitrogens with one attached hydrogen (secondary N) is 1. The zero-order valence-corrected chi connectivity index (χ0v) is 13.4. The highest BCUT2D eigenvalue weighted by atomic mass is 35.5. The number of nitrogens with zero attached hydrogens (tertiary/aromatic N) is 2. The Labute approximate surface area is 143 Å². The summed E-state index contributed by atoms with van der Waals surface area (Å²) in [5.74, 6) is 1.02. The molecule has 1 amide bonds. The van der Waals surface area contributed by atoms with Gasteiger partial charge in [0.05, 0.1) is 11.6 Å². The molecule has 1 aromatic heterocycles. The van der Waals surface area contributed by atoms with Crippen molar-refractivity contribution in [2.24, 2.45) is 0 Å². The second kappa shape index (κ2) is 7.61. The van der Waals surface area contributed by atoms with E-state index in [9.17, 15) is 4.79 Å². The highest BCUT2D eigenvalue weighted by Crippen LogP contribution is 2.24. The molecule has 0 bridgehead atoms. The van der Waals surface area contributed by atoms with Crippen LogP contribution >= 0.6 is 11.6 Å². The van der Waals surface area contributed by atoms with Crippen molar-refractivity contribution in [3.05, 3.63) is 65.5 Å². The van der Waals surface area contributed by atoms with E-state index in [2.05, 4.69) is 15.5 Å². The number of hydrogen-bond donors (Lipinski definition) is 1. The Morgan fingerprint density at radius 3 is 2.67 bits per heavy atom. The quantitative estimate of drug-likeness (QED) is 0.744. The first-order valence-corrected chi connectivity index (χ1v) is 7.62. The summed E-state index contributed by atoms with van der Waals surface area (Å²) in [6, 6.07) is 16.3. The topological polar surface area (TPSA) is 77.2 Å². The van der Waals surface area contributed by atoms with Crippen LogP contribution in [0.3, 0.4) is 0 Å². The summed E-state index contributed by atoms with van der Waals surface area (Å²) in [7, 11) is 0. The Balaban J connectivity index is 1.52. The molecule has 122 valence electrons. The zero-order chi connectivity index (χ0) is 16.8. The first-order chi connectivity index (χ1) is 11.7. The van der Waals surface area contributed by atoms with Gasteiger partial charge < -0.3 is 14.6 Å². The van der Waals surface area contributed by atoms with Crippen molar-refractivity contribution in [2.75, 3.05) is 6.61 Å². The fourth-order valence-electron chi connectivity index (χ4n) is 1.97. The van der Waals surface area contributed by atoms with E-state index in [1.54, 1.807) is 24.3 Å². The molecule has 24 heavy (non-hydrogen) atoms. The van der Waals surface area contributed by atoms with Crippen molar-refractivity contribution in [1.82, 2.24) is 15.5 Å². The molecule has 0 atom stereocenters. The number of benzene rings is 2. The summed E-state index contributed by atoms with van der Waals surface area (Å²) < 4.78 is 10.5. The van der Waals surface area contributed by atoms with Crippen molar-refractivity contribution in [3.8, 4) is 17.1 Å². The number of para-hydroxylation sites is 1. The Morgan fingerprint density at radius 1 is 1.12 bits per heavy atom. The highest BCUT2D eigenvalue weighted by molar-refractivity contribution is 6.33.